The first-order valence-electron chi connectivity index (χ1n) is 7.91. The van der Waals surface area contributed by atoms with Crippen LogP contribution in [0.15, 0.2) is 48.9 Å². The molecule has 0 saturated heterocycles. The van der Waals surface area contributed by atoms with Crippen LogP contribution in [0.3, 0.4) is 0 Å². The average molecular weight is 358 g/mol. The third kappa shape index (κ3) is 2.83. The van der Waals surface area contributed by atoms with Crippen molar-refractivity contribution in [2.45, 2.75) is 18.3 Å². The Morgan fingerprint density at radius 1 is 1.08 bits per heavy atom. The molecule has 0 unspecified atom stereocenters. The van der Waals surface area contributed by atoms with Crippen LogP contribution in [0, 0.1) is 17.5 Å². The van der Waals surface area contributed by atoms with Gasteiger partial charge in [-0.1, -0.05) is 0 Å². The maximum absolute atomic E-state index is 14.1. The molecule has 5 nitrogen and oxygen atoms in total. The topological polar surface area (TPSA) is 59.8 Å². The van der Waals surface area contributed by atoms with Crippen LogP contribution in [-0.2, 0) is 10.2 Å². The van der Waals surface area contributed by atoms with Gasteiger partial charge in [0, 0.05) is 23.9 Å². The van der Waals surface area contributed by atoms with E-state index in [1.807, 2.05) is 0 Å². The van der Waals surface area contributed by atoms with E-state index in [4.69, 9.17) is 0 Å². The zero-order valence-electron chi connectivity index (χ0n) is 13.4. The second-order valence-corrected chi connectivity index (χ2v) is 6.17. The SMILES string of the molecule is O=C(Nc1ccn(-c2cncc(F)c2)n1)C1(c2cc(F)ccc2F)CC1. The molecule has 1 aliphatic rings. The van der Waals surface area contributed by atoms with Crippen molar-refractivity contribution in [3.63, 3.8) is 0 Å². The van der Waals surface area contributed by atoms with Gasteiger partial charge in [-0.25, -0.2) is 17.9 Å². The molecule has 132 valence electrons. The minimum atomic E-state index is -1.09. The molecule has 1 fully saturated rings. The Bertz CT molecular complexity index is 998. The van der Waals surface area contributed by atoms with E-state index in [0.717, 1.165) is 24.4 Å². The second-order valence-electron chi connectivity index (χ2n) is 6.17. The lowest BCUT2D eigenvalue weighted by molar-refractivity contribution is -0.118. The van der Waals surface area contributed by atoms with Gasteiger partial charge in [-0.3, -0.25) is 9.78 Å². The number of halogens is 3. The highest BCUT2D eigenvalue weighted by molar-refractivity contribution is 6.00. The first-order chi connectivity index (χ1) is 12.5. The van der Waals surface area contributed by atoms with E-state index in [1.54, 1.807) is 0 Å². The molecule has 2 heterocycles. The predicted octanol–water partition coefficient (Wildman–Crippen LogP) is 3.35. The van der Waals surface area contributed by atoms with Gasteiger partial charge in [0.1, 0.15) is 17.5 Å². The highest BCUT2D eigenvalue weighted by Crippen LogP contribution is 2.50. The highest BCUT2D eigenvalue weighted by atomic mass is 19.1. The smallest absolute Gasteiger partial charge is 0.236 e. The Morgan fingerprint density at radius 3 is 2.62 bits per heavy atom. The van der Waals surface area contributed by atoms with Crippen LogP contribution in [0.2, 0.25) is 0 Å². The summed E-state index contributed by atoms with van der Waals surface area (Å²) in [6, 6.07) is 5.86. The largest absolute Gasteiger partial charge is 0.308 e. The molecule has 8 heteroatoms. The summed E-state index contributed by atoms with van der Waals surface area (Å²) in [5.74, 6) is -1.95. The zero-order chi connectivity index (χ0) is 18.3. The number of hydrogen-bond donors (Lipinski definition) is 1. The van der Waals surface area contributed by atoms with Gasteiger partial charge < -0.3 is 5.32 Å². The first kappa shape index (κ1) is 16.3. The van der Waals surface area contributed by atoms with Gasteiger partial charge in [0.05, 0.1) is 23.5 Å². The molecule has 1 aliphatic carbocycles. The van der Waals surface area contributed by atoms with Crippen LogP contribution in [0.4, 0.5) is 19.0 Å². The minimum absolute atomic E-state index is 0.0452. The van der Waals surface area contributed by atoms with Crippen molar-refractivity contribution in [2.24, 2.45) is 0 Å². The summed E-state index contributed by atoms with van der Waals surface area (Å²) in [6.45, 7) is 0. The summed E-state index contributed by atoms with van der Waals surface area (Å²) in [4.78, 5) is 16.4. The number of nitrogens with one attached hydrogen (secondary N) is 1. The fraction of sp³-hybridized carbons (Fsp3) is 0.167. The maximum Gasteiger partial charge on any atom is 0.236 e. The van der Waals surface area contributed by atoms with Crippen molar-refractivity contribution in [1.29, 1.82) is 0 Å². The average Bonchev–Trinajstić information content (AvgIpc) is 3.30. The van der Waals surface area contributed by atoms with Crippen molar-refractivity contribution in [3.05, 3.63) is 71.9 Å². The fourth-order valence-corrected chi connectivity index (χ4v) is 2.90. The zero-order valence-corrected chi connectivity index (χ0v) is 13.4. The molecule has 0 radical (unpaired) electrons. The highest BCUT2D eigenvalue weighted by Gasteiger charge is 2.53. The van der Waals surface area contributed by atoms with E-state index in [0.29, 0.717) is 18.5 Å². The Hall–Kier alpha value is -3.16. The maximum atomic E-state index is 14.1. The van der Waals surface area contributed by atoms with Crippen molar-refractivity contribution in [1.82, 2.24) is 14.8 Å². The monoisotopic (exact) mass is 358 g/mol. The normalized spacial score (nSPS) is 14.9. The van der Waals surface area contributed by atoms with E-state index in [9.17, 15) is 18.0 Å². The van der Waals surface area contributed by atoms with E-state index in [1.165, 1.54) is 29.2 Å². The van der Waals surface area contributed by atoms with Crippen molar-refractivity contribution < 1.29 is 18.0 Å². The van der Waals surface area contributed by atoms with Gasteiger partial charge >= 0.3 is 0 Å². The number of rotatable bonds is 4. The molecule has 1 aromatic carbocycles. The van der Waals surface area contributed by atoms with Gasteiger partial charge in [-0.2, -0.15) is 5.10 Å². The third-order valence-corrected chi connectivity index (χ3v) is 4.41. The van der Waals surface area contributed by atoms with E-state index < -0.39 is 28.8 Å². The van der Waals surface area contributed by atoms with Crippen LogP contribution < -0.4 is 5.32 Å². The number of nitrogens with zero attached hydrogens (tertiary/aromatic N) is 3. The Morgan fingerprint density at radius 2 is 1.88 bits per heavy atom. The van der Waals surface area contributed by atoms with Gasteiger partial charge in [0.25, 0.3) is 0 Å². The Kier molecular flexibility index (Phi) is 3.75. The molecule has 2 aromatic heterocycles. The molecule has 4 rings (SSSR count). The third-order valence-electron chi connectivity index (χ3n) is 4.41. The number of aromatic nitrogens is 3. The van der Waals surface area contributed by atoms with Gasteiger partial charge in [-0.05, 0) is 31.0 Å². The quantitative estimate of drug-likeness (QED) is 0.778. The van der Waals surface area contributed by atoms with Gasteiger partial charge in [0.15, 0.2) is 5.82 Å². The standard InChI is InChI=1S/C18H13F3N4O/c19-11-1-2-15(21)14(8-11)18(4-5-18)17(26)23-16-3-6-25(24-16)13-7-12(20)9-22-10-13/h1-3,6-10H,4-5H2,(H,23,24,26). The Labute approximate surface area is 146 Å². The molecule has 0 spiro atoms. The first-order valence-corrected chi connectivity index (χ1v) is 7.91. The molecule has 0 aliphatic heterocycles. The Balaban J connectivity index is 1.56. The van der Waals surface area contributed by atoms with Crippen LogP contribution in [0.25, 0.3) is 5.69 Å². The number of benzene rings is 1. The summed E-state index contributed by atoms with van der Waals surface area (Å²) in [7, 11) is 0. The van der Waals surface area contributed by atoms with Crippen molar-refractivity contribution >= 4 is 11.7 Å². The predicted molar refractivity (Wildman–Crippen MR) is 87.2 cm³/mol. The fourth-order valence-electron chi connectivity index (χ4n) is 2.90. The molecule has 1 N–H and O–H groups in total. The molecule has 3 aromatic rings. The van der Waals surface area contributed by atoms with Crippen molar-refractivity contribution in [3.8, 4) is 5.69 Å². The molecule has 26 heavy (non-hydrogen) atoms. The summed E-state index contributed by atoms with van der Waals surface area (Å²) in [5.41, 5.74) is -0.650. The number of anilines is 1. The lowest BCUT2D eigenvalue weighted by atomic mass is 9.94. The lowest BCUT2D eigenvalue weighted by Gasteiger charge is -2.15. The molecular formula is C18H13F3N4O. The molecule has 0 bridgehead atoms. The second kappa shape index (κ2) is 5.98. The van der Waals surface area contributed by atoms with Crippen LogP contribution >= 0.6 is 0 Å². The number of carbonyl (C=O) groups is 1. The summed E-state index contributed by atoms with van der Waals surface area (Å²) < 4.78 is 42.1. The summed E-state index contributed by atoms with van der Waals surface area (Å²) in [5, 5.41) is 6.77. The minimum Gasteiger partial charge on any atom is -0.308 e. The van der Waals surface area contributed by atoms with Crippen molar-refractivity contribution in [2.75, 3.05) is 5.32 Å². The van der Waals surface area contributed by atoms with E-state index in [2.05, 4.69) is 15.4 Å². The van der Waals surface area contributed by atoms with Crippen LogP contribution in [0.1, 0.15) is 18.4 Å². The molecule has 1 saturated carbocycles. The summed E-state index contributed by atoms with van der Waals surface area (Å²) in [6.07, 6.45) is 4.88. The number of amides is 1. The molecule has 0 atom stereocenters. The van der Waals surface area contributed by atoms with Crippen LogP contribution in [0.5, 0.6) is 0 Å². The molecular weight excluding hydrogens is 345 g/mol. The van der Waals surface area contributed by atoms with Gasteiger partial charge in [-0.15, -0.1) is 0 Å². The number of hydrogen-bond acceptors (Lipinski definition) is 3. The summed E-state index contributed by atoms with van der Waals surface area (Å²) >= 11 is 0. The lowest BCUT2D eigenvalue weighted by Crippen LogP contribution is -2.29. The van der Waals surface area contributed by atoms with Gasteiger partial charge in [0.2, 0.25) is 5.91 Å². The number of pyridine rings is 1. The molecule has 1 amide bonds. The van der Waals surface area contributed by atoms with E-state index >= 15 is 0 Å². The number of carbonyl (C=O) groups excluding carboxylic acids is 1. The van der Waals surface area contributed by atoms with Crippen LogP contribution in [-0.4, -0.2) is 20.7 Å². The van der Waals surface area contributed by atoms with E-state index in [-0.39, 0.29) is 11.4 Å².